The maximum Gasteiger partial charge on any atom is 0.417 e. The van der Waals surface area contributed by atoms with E-state index >= 15 is 0 Å². The fourth-order valence-electron chi connectivity index (χ4n) is 3.10. The van der Waals surface area contributed by atoms with Crippen molar-refractivity contribution in [3.63, 3.8) is 0 Å². The van der Waals surface area contributed by atoms with E-state index in [9.17, 15) is 26.4 Å². The molecule has 0 spiro atoms. The molecule has 142 valence electrons. The number of sulfonamides is 1. The average Bonchev–Trinajstić information content (AvgIpc) is 2.51. The minimum atomic E-state index is -4.78. The largest absolute Gasteiger partial charge is 0.417 e. The quantitative estimate of drug-likeness (QED) is 0.854. The second kappa shape index (κ2) is 6.36. The lowest BCUT2D eigenvalue weighted by Crippen LogP contribution is -2.48. The summed E-state index contributed by atoms with van der Waals surface area (Å²) in [7, 11) is -4.00. The van der Waals surface area contributed by atoms with Gasteiger partial charge in [0, 0.05) is 30.1 Å². The Kier molecular flexibility index (Phi) is 4.62. The Balaban J connectivity index is 2.14. The van der Waals surface area contributed by atoms with Crippen molar-refractivity contribution in [2.24, 2.45) is 0 Å². The average molecular weight is 390 g/mol. The molecule has 0 radical (unpaired) electrons. The maximum absolute atomic E-state index is 13.3. The summed E-state index contributed by atoms with van der Waals surface area (Å²) in [5.74, 6) is 0. The molecule has 10 heteroatoms. The van der Waals surface area contributed by atoms with Gasteiger partial charge in [-0.3, -0.25) is 4.79 Å². The first-order valence-corrected chi connectivity index (χ1v) is 9.32. The van der Waals surface area contributed by atoms with Crippen LogP contribution in [0.4, 0.5) is 13.2 Å². The second-order valence-corrected chi connectivity index (χ2v) is 8.27. The predicted octanol–water partition coefficient (Wildman–Crippen LogP) is 2.34. The molecule has 2 heterocycles. The number of alkyl halides is 3. The zero-order valence-corrected chi connectivity index (χ0v) is 14.8. The van der Waals surface area contributed by atoms with Crippen LogP contribution in [-0.2, 0) is 20.9 Å². The van der Waals surface area contributed by atoms with Crippen LogP contribution in [0.15, 0.2) is 34.0 Å². The Labute approximate surface area is 147 Å². The molecule has 3 rings (SSSR count). The summed E-state index contributed by atoms with van der Waals surface area (Å²) in [5, 5.41) is -0.368. The van der Waals surface area contributed by atoms with Crippen molar-refractivity contribution in [3.05, 3.63) is 40.2 Å². The number of rotatable bonds is 2. The van der Waals surface area contributed by atoms with E-state index in [0.717, 1.165) is 6.07 Å². The second-order valence-electron chi connectivity index (χ2n) is 6.33. The number of H-pyrrole nitrogens is 1. The van der Waals surface area contributed by atoms with Crippen molar-refractivity contribution in [2.75, 3.05) is 13.1 Å². The van der Waals surface area contributed by atoms with Crippen molar-refractivity contribution in [1.82, 2.24) is 9.29 Å². The number of aromatic nitrogens is 1. The highest BCUT2D eigenvalue weighted by Crippen LogP contribution is 2.34. The van der Waals surface area contributed by atoms with Crippen molar-refractivity contribution in [2.45, 2.75) is 37.1 Å². The normalized spacial score (nSPS) is 22.7. The standard InChI is InChI=1S/C16H17F3N2O4S/c1-9-7-21(8-10(2)25-9)26(23,24)11-3-4-14-12(5-11)13(16(17,18)19)6-15(22)20-14/h3-6,9-10H,7-8H2,1-2H3,(H,20,22). The van der Waals surface area contributed by atoms with Crippen LogP contribution >= 0.6 is 0 Å². The minimum absolute atomic E-state index is 0.0764. The van der Waals surface area contributed by atoms with Gasteiger partial charge >= 0.3 is 6.18 Å². The van der Waals surface area contributed by atoms with Crippen LogP contribution in [0.2, 0.25) is 0 Å². The van der Waals surface area contributed by atoms with Gasteiger partial charge in [0.1, 0.15) is 0 Å². The Hall–Kier alpha value is -1.91. The molecule has 6 nitrogen and oxygen atoms in total. The van der Waals surface area contributed by atoms with Crippen molar-refractivity contribution < 1.29 is 26.3 Å². The number of hydrogen-bond donors (Lipinski definition) is 1. The molecule has 1 N–H and O–H groups in total. The van der Waals surface area contributed by atoms with Crippen LogP contribution in [0.25, 0.3) is 10.9 Å². The van der Waals surface area contributed by atoms with Gasteiger partial charge in [0.2, 0.25) is 15.6 Å². The van der Waals surface area contributed by atoms with E-state index in [4.69, 9.17) is 4.74 Å². The molecule has 0 saturated carbocycles. The topological polar surface area (TPSA) is 79.5 Å². The predicted molar refractivity (Wildman–Crippen MR) is 88.3 cm³/mol. The number of pyridine rings is 1. The lowest BCUT2D eigenvalue weighted by Gasteiger charge is -2.34. The van der Waals surface area contributed by atoms with Gasteiger partial charge in [-0.1, -0.05) is 0 Å². The number of halogens is 3. The van der Waals surface area contributed by atoms with Crippen LogP contribution in [0.5, 0.6) is 0 Å². The molecule has 26 heavy (non-hydrogen) atoms. The van der Waals surface area contributed by atoms with Gasteiger partial charge in [-0.25, -0.2) is 8.42 Å². The first kappa shape index (κ1) is 18.9. The van der Waals surface area contributed by atoms with E-state index < -0.39 is 27.3 Å². The van der Waals surface area contributed by atoms with Crippen LogP contribution in [0.1, 0.15) is 19.4 Å². The summed E-state index contributed by atoms with van der Waals surface area (Å²) in [6.07, 6.45) is -5.43. The van der Waals surface area contributed by atoms with Crippen molar-refractivity contribution in [1.29, 1.82) is 0 Å². The molecule has 1 aromatic carbocycles. The van der Waals surface area contributed by atoms with E-state index in [2.05, 4.69) is 4.98 Å². The zero-order chi connectivity index (χ0) is 19.3. The van der Waals surface area contributed by atoms with Gasteiger partial charge in [0.05, 0.1) is 22.7 Å². The molecule has 2 atom stereocenters. The Morgan fingerprint density at radius 2 is 1.77 bits per heavy atom. The summed E-state index contributed by atoms with van der Waals surface area (Å²) in [5.41, 5.74) is -2.15. The van der Waals surface area contributed by atoms with Crippen molar-refractivity contribution in [3.8, 4) is 0 Å². The number of aromatic amines is 1. The molecule has 2 unspecified atom stereocenters. The lowest BCUT2D eigenvalue weighted by molar-refractivity contribution is -0.136. The number of morpholine rings is 1. The van der Waals surface area contributed by atoms with E-state index in [1.54, 1.807) is 13.8 Å². The molecule has 0 bridgehead atoms. The van der Waals surface area contributed by atoms with Crippen LogP contribution in [0, 0.1) is 0 Å². The third-order valence-electron chi connectivity index (χ3n) is 4.14. The third-order valence-corrected chi connectivity index (χ3v) is 5.97. The molecule has 1 saturated heterocycles. The van der Waals surface area contributed by atoms with E-state index in [-0.39, 0.29) is 41.1 Å². The van der Waals surface area contributed by atoms with Gasteiger partial charge in [-0.05, 0) is 32.0 Å². The van der Waals surface area contributed by atoms with Gasteiger partial charge < -0.3 is 9.72 Å². The molecule has 2 aromatic rings. The summed E-state index contributed by atoms with van der Waals surface area (Å²) >= 11 is 0. The van der Waals surface area contributed by atoms with Crippen LogP contribution in [0.3, 0.4) is 0 Å². The number of nitrogens with one attached hydrogen (secondary N) is 1. The van der Waals surface area contributed by atoms with Crippen LogP contribution < -0.4 is 5.56 Å². The molecular formula is C16H17F3N2O4S. The highest BCUT2D eigenvalue weighted by Gasteiger charge is 2.35. The molecule has 1 aliphatic heterocycles. The van der Waals surface area contributed by atoms with Gasteiger partial charge in [-0.15, -0.1) is 0 Å². The molecule has 0 amide bonds. The summed E-state index contributed by atoms with van der Waals surface area (Å²) in [4.78, 5) is 13.5. The highest BCUT2D eigenvalue weighted by molar-refractivity contribution is 7.89. The number of hydrogen-bond acceptors (Lipinski definition) is 4. The van der Waals surface area contributed by atoms with E-state index in [0.29, 0.717) is 6.07 Å². The number of benzene rings is 1. The summed E-state index contributed by atoms with van der Waals surface area (Å²) in [6, 6.07) is 3.75. The van der Waals surface area contributed by atoms with Gasteiger partial charge in [0.25, 0.3) is 0 Å². The minimum Gasteiger partial charge on any atom is -0.373 e. The first-order valence-electron chi connectivity index (χ1n) is 7.88. The van der Waals surface area contributed by atoms with E-state index in [1.165, 1.54) is 16.4 Å². The third kappa shape index (κ3) is 3.49. The fourth-order valence-corrected chi connectivity index (χ4v) is 4.72. The molecule has 1 fully saturated rings. The van der Waals surface area contributed by atoms with Crippen LogP contribution in [-0.4, -0.2) is 43.0 Å². The molecule has 1 aromatic heterocycles. The zero-order valence-electron chi connectivity index (χ0n) is 14.0. The first-order chi connectivity index (χ1) is 12.0. The molecular weight excluding hydrogens is 373 g/mol. The van der Waals surface area contributed by atoms with Crippen molar-refractivity contribution >= 4 is 20.9 Å². The highest BCUT2D eigenvalue weighted by atomic mass is 32.2. The van der Waals surface area contributed by atoms with E-state index in [1.807, 2.05) is 0 Å². The molecule has 0 aliphatic carbocycles. The molecule has 1 aliphatic rings. The number of nitrogens with zero attached hydrogens (tertiary/aromatic N) is 1. The van der Waals surface area contributed by atoms with Gasteiger partial charge in [0.15, 0.2) is 0 Å². The summed E-state index contributed by atoms with van der Waals surface area (Å²) in [6.45, 7) is 3.68. The number of fused-ring (bicyclic) bond motifs is 1. The number of ether oxygens (including phenoxy) is 1. The fraction of sp³-hybridized carbons (Fsp3) is 0.438. The smallest absolute Gasteiger partial charge is 0.373 e. The SMILES string of the molecule is CC1CN(S(=O)(=O)c2ccc3[nH]c(=O)cc(C(F)(F)F)c3c2)CC(C)O1. The van der Waals surface area contributed by atoms with Gasteiger partial charge in [-0.2, -0.15) is 17.5 Å². The maximum atomic E-state index is 13.3. The Bertz CT molecular complexity index is 991. The Morgan fingerprint density at radius 1 is 1.15 bits per heavy atom. The Morgan fingerprint density at radius 3 is 2.35 bits per heavy atom. The monoisotopic (exact) mass is 390 g/mol. The lowest BCUT2D eigenvalue weighted by atomic mass is 10.1. The summed E-state index contributed by atoms with van der Waals surface area (Å²) < 4.78 is 72.2.